The highest BCUT2D eigenvalue weighted by molar-refractivity contribution is 6.37. The van der Waals surface area contributed by atoms with Crippen LogP contribution in [0, 0.1) is 13.8 Å². The van der Waals surface area contributed by atoms with Gasteiger partial charge in [0, 0.05) is 35.1 Å². The van der Waals surface area contributed by atoms with Gasteiger partial charge in [0.2, 0.25) is 0 Å². The summed E-state index contributed by atoms with van der Waals surface area (Å²) >= 11 is 6.25. The molecule has 1 aliphatic rings. The molecule has 0 bridgehead atoms. The number of benzene rings is 1. The number of aromatic nitrogens is 1. The third kappa shape index (κ3) is 4.30. The smallest absolute Gasteiger partial charge is 0.259 e. The lowest BCUT2D eigenvalue weighted by atomic mass is 10.0. The predicted molar refractivity (Wildman–Crippen MR) is 123 cm³/mol. The van der Waals surface area contributed by atoms with Crippen LogP contribution in [0.5, 0.6) is 0 Å². The van der Waals surface area contributed by atoms with E-state index in [9.17, 15) is 9.59 Å². The summed E-state index contributed by atoms with van der Waals surface area (Å²) in [5, 5.41) is 3.43. The number of carbonyl (C=O) groups excluding carboxylic acids is 2. The van der Waals surface area contributed by atoms with Crippen molar-refractivity contribution in [2.75, 3.05) is 38.6 Å². The van der Waals surface area contributed by atoms with Crippen LogP contribution in [0.1, 0.15) is 46.2 Å². The standard InChI is InChI=1S/C23H29ClN4O2/c1-6-25-22(29)21-14(2)19(26-15(21)3)13-18-17-12-16(24)8-9-20(17)28(23(18)30)11-7-10-27(4)5/h8-9,12-13,26H,6-7,10-11H2,1-5H3,(H,25,29)/b18-13-. The summed E-state index contributed by atoms with van der Waals surface area (Å²) in [6.07, 6.45) is 2.71. The zero-order valence-corrected chi connectivity index (χ0v) is 19.0. The maximum Gasteiger partial charge on any atom is 0.259 e. The molecule has 6 nitrogen and oxygen atoms in total. The zero-order chi connectivity index (χ0) is 22.0. The van der Waals surface area contributed by atoms with E-state index in [2.05, 4.69) is 15.2 Å². The second kappa shape index (κ2) is 9.06. The van der Waals surface area contributed by atoms with Crippen LogP contribution < -0.4 is 10.2 Å². The van der Waals surface area contributed by atoms with Crippen molar-refractivity contribution in [2.45, 2.75) is 27.2 Å². The van der Waals surface area contributed by atoms with Crippen LogP contribution in [0.3, 0.4) is 0 Å². The van der Waals surface area contributed by atoms with Crippen molar-refractivity contribution in [1.82, 2.24) is 15.2 Å². The third-order valence-corrected chi connectivity index (χ3v) is 5.57. The highest BCUT2D eigenvalue weighted by Crippen LogP contribution is 2.39. The highest BCUT2D eigenvalue weighted by atomic mass is 35.5. The van der Waals surface area contributed by atoms with Gasteiger partial charge in [0.25, 0.3) is 11.8 Å². The Labute approximate surface area is 182 Å². The minimum Gasteiger partial charge on any atom is -0.358 e. The second-order valence-corrected chi connectivity index (χ2v) is 8.29. The molecule has 2 heterocycles. The molecule has 0 fully saturated rings. The largest absolute Gasteiger partial charge is 0.358 e. The molecule has 2 N–H and O–H groups in total. The van der Waals surface area contributed by atoms with E-state index in [4.69, 9.17) is 11.6 Å². The summed E-state index contributed by atoms with van der Waals surface area (Å²) in [6, 6.07) is 5.55. The summed E-state index contributed by atoms with van der Waals surface area (Å²) in [5.74, 6) is -0.155. The molecule has 1 aromatic heterocycles. The van der Waals surface area contributed by atoms with Crippen molar-refractivity contribution in [3.63, 3.8) is 0 Å². The monoisotopic (exact) mass is 428 g/mol. The van der Waals surface area contributed by atoms with Gasteiger partial charge in [-0.3, -0.25) is 9.59 Å². The van der Waals surface area contributed by atoms with Crippen molar-refractivity contribution in [3.05, 3.63) is 51.3 Å². The van der Waals surface area contributed by atoms with Gasteiger partial charge in [0.1, 0.15) is 0 Å². The molecule has 160 valence electrons. The molecule has 0 spiro atoms. The van der Waals surface area contributed by atoms with Gasteiger partial charge in [-0.05, 0) is 77.7 Å². The minimum absolute atomic E-state index is 0.0442. The SMILES string of the molecule is CCNC(=O)c1c(C)[nH]c(/C=C2\C(=O)N(CCCN(C)C)c3ccc(Cl)cc32)c1C. The number of nitrogens with one attached hydrogen (secondary N) is 2. The predicted octanol–water partition coefficient (Wildman–Crippen LogP) is 3.87. The van der Waals surface area contributed by atoms with Crippen LogP contribution in [0.2, 0.25) is 5.02 Å². The average Bonchev–Trinajstić information content (AvgIpc) is 3.09. The molecular weight excluding hydrogens is 400 g/mol. The van der Waals surface area contributed by atoms with Gasteiger partial charge in [-0.1, -0.05) is 11.6 Å². The first-order valence-corrected chi connectivity index (χ1v) is 10.6. The first kappa shape index (κ1) is 22.1. The van der Waals surface area contributed by atoms with Gasteiger partial charge >= 0.3 is 0 Å². The van der Waals surface area contributed by atoms with Gasteiger partial charge in [-0.25, -0.2) is 0 Å². The summed E-state index contributed by atoms with van der Waals surface area (Å²) in [7, 11) is 4.04. The fraction of sp³-hybridized carbons (Fsp3) is 0.391. The Hall–Kier alpha value is -2.57. The number of anilines is 1. The number of aromatic amines is 1. The lowest BCUT2D eigenvalue weighted by Crippen LogP contribution is -2.29. The van der Waals surface area contributed by atoms with E-state index in [1.165, 1.54) is 0 Å². The molecule has 3 rings (SSSR count). The number of hydrogen-bond donors (Lipinski definition) is 2. The van der Waals surface area contributed by atoms with Gasteiger partial charge in [0.15, 0.2) is 0 Å². The van der Waals surface area contributed by atoms with Crippen molar-refractivity contribution in [2.24, 2.45) is 0 Å². The van der Waals surface area contributed by atoms with Gasteiger partial charge in [-0.15, -0.1) is 0 Å². The number of fused-ring (bicyclic) bond motifs is 1. The molecule has 2 amide bonds. The minimum atomic E-state index is -0.111. The third-order valence-electron chi connectivity index (χ3n) is 5.33. The van der Waals surface area contributed by atoms with Gasteiger partial charge in [0.05, 0.1) is 16.8 Å². The Morgan fingerprint density at radius 1 is 1.30 bits per heavy atom. The highest BCUT2D eigenvalue weighted by Gasteiger charge is 2.32. The average molecular weight is 429 g/mol. The van der Waals surface area contributed by atoms with Crippen LogP contribution in [0.15, 0.2) is 18.2 Å². The van der Waals surface area contributed by atoms with E-state index in [1.54, 1.807) is 0 Å². The molecule has 30 heavy (non-hydrogen) atoms. The molecule has 0 atom stereocenters. The Morgan fingerprint density at radius 2 is 2.03 bits per heavy atom. The van der Waals surface area contributed by atoms with E-state index in [1.807, 2.05) is 64.0 Å². The van der Waals surface area contributed by atoms with Crippen LogP contribution >= 0.6 is 11.6 Å². The summed E-state index contributed by atoms with van der Waals surface area (Å²) in [6.45, 7) is 7.75. The van der Waals surface area contributed by atoms with Gasteiger partial charge < -0.3 is 20.1 Å². The van der Waals surface area contributed by atoms with Crippen molar-refractivity contribution in [1.29, 1.82) is 0 Å². The van der Waals surface area contributed by atoms with Crippen molar-refractivity contribution < 1.29 is 9.59 Å². The van der Waals surface area contributed by atoms with Crippen molar-refractivity contribution in [3.8, 4) is 0 Å². The number of nitrogens with zero attached hydrogens (tertiary/aromatic N) is 2. The maximum absolute atomic E-state index is 13.3. The lowest BCUT2D eigenvalue weighted by molar-refractivity contribution is -0.113. The fourth-order valence-corrected chi connectivity index (χ4v) is 4.06. The molecule has 0 radical (unpaired) electrons. The van der Waals surface area contributed by atoms with Crippen LogP contribution in [0.4, 0.5) is 5.69 Å². The van der Waals surface area contributed by atoms with Gasteiger partial charge in [-0.2, -0.15) is 0 Å². The number of amides is 2. The van der Waals surface area contributed by atoms with E-state index < -0.39 is 0 Å². The Bertz CT molecular complexity index is 1010. The summed E-state index contributed by atoms with van der Waals surface area (Å²) in [4.78, 5) is 32.9. The first-order chi connectivity index (χ1) is 14.2. The summed E-state index contributed by atoms with van der Waals surface area (Å²) < 4.78 is 0. The first-order valence-electron chi connectivity index (χ1n) is 10.2. The number of aryl methyl sites for hydroxylation is 1. The molecule has 0 aliphatic carbocycles. The molecule has 0 unspecified atom stereocenters. The topological polar surface area (TPSA) is 68.4 Å². The molecule has 0 saturated carbocycles. The number of halogens is 1. The molecular formula is C23H29ClN4O2. The summed E-state index contributed by atoms with van der Waals surface area (Å²) in [5.41, 5.74) is 5.28. The number of rotatable bonds is 7. The normalized spacial score (nSPS) is 14.7. The van der Waals surface area contributed by atoms with Crippen LogP contribution in [-0.2, 0) is 4.79 Å². The molecule has 1 aliphatic heterocycles. The molecule has 1 aromatic carbocycles. The maximum atomic E-state index is 13.3. The zero-order valence-electron chi connectivity index (χ0n) is 18.2. The Morgan fingerprint density at radius 3 is 2.70 bits per heavy atom. The fourth-order valence-electron chi connectivity index (χ4n) is 3.89. The number of H-pyrrole nitrogens is 1. The van der Waals surface area contributed by atoms with E-state index in [-0.39, 0.29) is 11.8 Å². The molecule has 0 saturated heterocycles. The van der Waals surface area contributed by atoms with Crippen LogP contribution in [0.25, 0.3) is 11.6 Å². The quantitative estimate of drug-likeness (QED) is 0.657. The number of carbonyl (C=O) groups is 2. The van der Waals surface area contributed by atoms with E-state index in [0.717, 1.165) is 41.2 Å². The van der Waals surface area contributed by atoms with Crippen molar-refractivity contribution >= 4 is 40.8 Å². The molecule has 2 aromatic rings. The van der Waals surface area contributed by atoms with E-state index >= 15 is 0 Å². The lowest BCUT2D eigenvalue weighted by Gasteiger charge is -2.18. The second-order valence-electron chi connectivity index (χ2n) is 7.86. The van der Waals surface area contributed by atoms with E-state index in [0.29, 0.717) is 29.2 Å². The molecule has 7 heteroatoms. The Balaban J connectivity index is 2.01. The van der Waals surface area contributed by atoms with Crippen LogP contribution in [-0.4, -0.2) is 55.4 Å². The number of hydrogen-bond acceptors (Lipinski definition) is 3. The Kier molecular flexibility index (Phi) is 6.68.